The molecule has 1 saturated carbocycles. The zero-order valence-corrected chi connectivity index (χ0v) is 21.0. The minimum atomic E-state index is -4.43. The van der Waals surface area contributed by atoms with Crippen molar-refractivity contribution in [3.8, 4) is 0 Å². The van der Waals surface area contributed by atoms with Crippen LogP contribution in [0.2, 0.25) is 5.02 Å². The van der Waals surface area contributed by atoms with E-state index in [1.807, 2.05) is 0 Å². The van der Waals surface area contributed by atoms with Gasteiger partial charge >= 0.3 is 6.18 Å². The molecule has 0 spiro atoms. The van der Waals surface area contributed by atoms with Crippen molar-refractivity contribution in [1.29, 1.82) is 0 Å². The Bertz CT molecular complexity index is 1540. The highest BCUT2D eigenvalue weighted by Crippen LogP contribution is 2.36. The van der Waals surface area contributed by atoms with Gasteiger partial charge < -0.3 is 21.1 Å². The summed E-state index contributed by atoms with van der Waals surface area (Å²) in [5.41, 5.74) is -0.0181. The Hall–Kier alpha value is -3.74. The lowest BCUT2D eigenvalue weighted by molar-refractivity contribution is -0.137. The number of amides is 2. The molecule has 0 bridgehead atoms. The smallest absolute Gasteiger partial charge is 0.380 e. The minimum Gasteiger partial charge on any atom is -0.380 e. The molecule has 2 aromatic carbocycles. The van der Waals surface area contributed by atoms with Crippen LogP contribution in [0.3, 0.4) is 0 Å². The lowest BCUT2D eigenvalue weighted by Gasteiger charge is -2.12. The molecule has 38 heavy (non-hydrogen) atoms. The van der Waals surface area contributed by atoms with Gasteiger partial charge in [-0.3, -0.25) is 14.6 Å². The maximum atomic E-state index is 13.1. The number of benzene rings is 2. The van der Waals surface area contributed by atoms with E-state index < -0.39 is 29.2 Å². The van der Waals surface area contributed by atoms with Crippen LogP contribution in [0.15, 0.2) is 54.7 Å². The molecule has 1 aliphatic rings. The van der Waals surface area contributed by atoms with E-state index in [1.165, 1.54) is 18.3 Å². The van der Waals surface area contributed by atoms with Gasteiger partial charge in [0, 0.05) is 18.4 Å². The standard InChI is InChI=1S/C25H19ClF3N5O3S/c26-17-6-1-13(12-31-23(36)24(37)8-9-24)11-16(17)22(35)33-18-7-10-30-19-20(18)38-34-21(19)32-15-4-2-14(3-5-15)25(27,28)29/h1-7,10-11,37H,8-9,12H2,(H,31,36)(H,32,34)(H,30,33,35). The number of anilines is 3. The third-order valence-corrected chi connectivity index (χ3v) is 7.15. The normalized spacial score (nSPS) is 14.2. The summed E-state index contributed by atoms with van der Waals surface area (Å²) in [6.07, 6.45) is -2.12. The largest absolute Gasteiger partial charge is 0.416 e. The highest BCUT2D eigenvalue weighted by atomic mass is 35.5. The van der Waals surface area contributed by atoms with Gasteiger partial charge in [0.1, 0.15) is 11.1 Å². The van der Waals surface area contributed by atoms with Crippen molar-refractivity contribution in [2.45, 2.75) is 31.2 Å². The summed E-state index contributed by atoms with van der Waals surface area (Å²) in [6.45, 7) is 0.117. The molecule has 4 aromatic rings. The second kappa shape index (κ2) is 9.86. The van der Waals surface area contributed by atoms with Gasteiger partial charge in [-0.2, -0.15) is 17.5 Å². The third kappa shape index (κ3) is 5.42. The van der Waals surface area contributed by atoms with Crippen LogP contribution in [0, 0.1) is 0 Å². The van der Waals surface area contributed by atoms with Crippen LogP contribution in [0.4, 0.5) is 30.4 Å². The van der Waals surface area contributed by atoms with Crippen molar-refractivity contribution < 1.29 is 27.9 Å². The van der Waals surface area contributed by atoms with E-state index in [1.54, 1.807) is 24.3 Å². The summed E-state index contributed by atoms with van der Waals surface area (Å²) < 4.78 is 43.3. The molecule has 1 fully saturated rings. The van der Waals surface area contributed by atoms with Gasteiger partial charge in [0.05, 0.1) is 26.5 Å². The molecule has 13 heteroatoms. The molecular weight excluding hydrogens is 543 g/mol. The van der Waals surface area contributed by atoms with Gasteiger partial charge in [0.25, 0.3) is 11.8 Å². The Morgan fingerprint density at radius 2 is 1.84 bits per heavy atom. The predicted molar refractivity (Wildman–Crippen MR) is 138 cm³/mol. The maximum Gasteiger partial charge on any atom is 0.416 e. The van der Waals surface area contributed by atoms with Crippen molar-refractivity contribution in [3.05, 3.63) is 76.4 Å². The van der Waals surface area contributed by atoms with E-state index in [-0.39, 0.29) is 17.1 Å². The minimum absolute atomic E-state index is 0.117. The van der Waals surface area contributed by atoms with Gasteiger partial charge in [-0.15, -0.1) is 0 Å². The van der Waals surface area contributed by atoms with Crippen LogP contribution in [-0.2, 0) is 17.5 Å². The molecular formula is C25H19ClF3N5O3S. The van der Waals surface area contributed by atoms with E-state index in [0.717, 1.165) is 23.7 Å². The van der Waals surface area contributed by atoms with Gasteiger partial charge in [-0.05, 0) is 72.4 Å². The predicted octanol–water partition coefficient (Wildman–Crippen LogP) is 5.50. The van der Waals surface area contributed by atoms with Crippen LogP contribution in [-0.4, -0.2) is 31.9 Å². The molecule has 2 aromatic heterocycles. The number of hydrogen-bond donors (Lipinski definition) is 4. The highest BCUT2D eigenvalue weighted by Gasteiger charge is 2.47. The fourth-order valence-corrected chi connectivity index (χ4v) is 4.61. The van der Waals surface area contributed by atoms with Crippen molar-refractivity contribution in [3.63, 3.8) is 0 Å². The zero-order chi connectivity index (χ0) is 27.1. The molecule has 0 saturated heterocycles. The molecule has 0 atom stereocenters. The van der Waals surface area contributed by atoms with Gasteiger partial charge in [0.15, 0.2) is 5.82 Å². The number of aromatic nitrogens is 2. The molecule has 2 heterocycles. The first kappa shape index (κ1) is 25.9. The summed E-state index contributed by atoms with van der Waals surface area (Å²) in [5.74, 6) is -0.625. The van der Waals surface area contributed by atoms with Crippen LogP contribution in [0.5, 0.6) is 0 Å². The van der Waals surface area contributed by atoms with E-state index in [4.69, 9.17) is 11.6 Å². The number of rotatable bonds is 7. The van der Waals surface area contributed by atoms with Crippen LogP contribution >= 0.6 is 23.1 Å². The number of halogens is 4. The molecule has 0 aliphatic heterocycles. The quantitative estimate of drug-likeness (QED) is 0.237. The molecule has 2 amide bonds. The first-order valence-electron chi connectivity index (χ1n) is 11.3. The Balaban J connectivity index is 1.32. The number of fused-ring (bicyclic) bond motifs is 1. The second-order valence-corrected chi connectivity index (χ2v) is 9.93. The Morgan fingerprint density at radius 1 is 1.11 bits per heavy atom. The fraction of sp³-hybridized carbons (Fsp3) is 0.200. The maximum absolute atomic E-state index is 13.1. The molecule has 0 radical (unpaired) electrons. The summed E-state index contributed by atoms with van der Waals surface area (Å²) in [7, 11) is 0. The van der Waals surface area contributed by atoms with Gasteiger partial charge in [-0.1, -0.05) is 17.7 Å². The second-order valence-electron chi connectivity index (χ2n) is 8.75. The third-order valence-electron chi connectivity index (χ3n) is 5.95. The average Bonchev–Trinajstić information content (AvgIpc) is 3.51. The van der Waals surface area contributed by atoms with Crippen LogP contribution in [0.1, 0.15) is 34.3 Å². The first-order chi connectivity index (χ1) is 18.0. The Morgan fingerprint density at radius 3 is 2.53 bits per heavy atom. The van der Waals surface area contributed by atoms with E-state index in [2.05, 4.69) is 25.3 Å². The van der Waals surface area contributed by atoms with Crippen molar-refractivity contribution in [1.82, 2.24) is 14.7 Å². The molecule has 196 valence electrons. The number of carbonyl (C=O) groups is 2. The topological polar surface area (TPSA) is 116 Å². The Kier molecular flexibility index (Phi) is 6.72. The first-order valence-corrected chi connectivity index (χ1v) is 12.5. The van der Waals surface area contributed by atoms with Crippen LogP contribution in [0.25, 0.3) is 10.2 Å². The summed E-state index contributed by atoms with van der Waals surface area (Å²) in [5, 5.41) is 18.5. The van der Waals surface area contributed by atoms with Gasteiger partial charge in [-0.25, -0.2) is 0 Å². The monoisotopic (exact) mass is 561 g/mol. The number of nitrogens with zero attached hydrogens (tertiary/aromatic N) is 2. The van der Waals surface area contributed by atoms with E-state index in [9.17, 15) is 27.9 Å². The summed E-state index contributed by atoms with van der Waals surface area (Å²) >= 11 is 7.32. The summed E-state index contributed by atoms with van der Waals surface area (Å²) in [4.78, 5) is 29.4. The summed E-state index contributed by atoms with van der Waals surface area (Å²) in [6, 6.07) is 10.9. The zero-order valence-electron chi connectivity index (χ0n) is 19.4. The number of hydrogen-bond acceptors (Lipinski definition) is 7. The van der Waals surface area contributed by atoms with Crippen molar-refractivity contribution in [2.75, 3.05) is 10.6 Å². The molecule has 0 unspecified atom stereocenters. The van der Waals surface area contributed by atoms with E-state index >= 15 is 0 Å². The molecule has 5 rings (SSSR count). The van der Waals surface area contributed by atoms with Gasteiger partial charge in [0.2, 0.25) is 0 Å². The highest BCUT2D eigenvalue weighted by molar-refractivity contribution is 7.14. The SMILES string of the molecule is O=C(Nc1ccnc2c(Nc3ccc(C(F)(F)F)cc3)nsc12)c1cc(CNC(=O)C2(O)CC2)ccc1Cl. The van der Waals surface area contributed by atoms with Crippen molar-refractivity contribution >= 4 is 62.4 Å². The lowest BCUT2D eigenvalue weighted by atomic mass is 10.1. The number of nitrogens with one attached hydrogen (secondary N) is 3. The molecule has 4 N–H and O–H groups in total. The van der Waals surface area contributed by atoms with Crippen molar-refractivity contribution in [2.24, 2.45) is 0 Å². The number of aliphatic hydroxyl groups is 1. The molecule has 8 nitrogen and oxygen atoms in total. The lowest BCUT2D eigenvalue weighted by Crippen LogP contribution is -2.35. The average molecular weight is 562 g/mol. The number of pyridine rings is 1. The molecule has 1 aliphatic carbocycles. The van der Waals surface area contributed by atoms with E-state index in [0.29, 0.717) is 45.8 Å². The number of carbonyl (C=O) groups excluding carboxylic acids is 2. The number of alkyl halides is 3. The van der Waals surface area contributed by atoms with Crippen LogP contribution < -0.4 is 16.0 Å². The Labute approximate surface area is 223 Å². The fourth-order valence-electron chi connectivity index (χ4n) is 3.64.